The van der Waals surface area contributed by atoms with Crippen LogP contribution in [0.4, 0.5) is 0 Å². The molecule has 0 saturated carbocycles. The molecule has 5 N–H and O–H groups in total. The minimum Gasteiger partial charge on any atom is -0.493 e. The molecule has 4 rings (SSSR count). The van der Waals surface area contributed by atoms with Gasteiger partial charge in [0.2, 0.25) is 5.91 Å². The molecule has 0 aliphatic rings. The summed E-state index contributed by atoms with van der Waals surface area (Å²) in [5.74, 6) is -0.524. The summed E-state index contributed by atoms with van der Waals surface area (Å²) < 4.78 is 5.84. The summed E-state index contributed by atoms with van der Waals surface area (Å²) in [6, 6.07) is 17.6. The number of primary amides is 1. The van der Waals surface area contributed by atoms with Crippen molar-refractivity contribution in [1.29, 1.82) is 0 Å². The van der Waals surface area contributed by atoms with E-state index in [9.17, 15) is 14.7 Å². The average Bonchev–Trinajstić information content (AvgIpc) is 3.29. The lowest BCUT2D eigenvalue weighted by Gasteiger charge is -2.18. The minimum absolute atomic E-state index is 0.222. The molecule has 1 atom stereocenters. The number of ether oxygens (including phenoxy) is 1. The Morgan fingerprint density at radius 3 is 2.56 bits per heavy atom. The summed E-state index contributed by atoms with van der Waals surface area (Å²) >= 11 is 6.24. The molecule has 186 valence electrons. The van der Waals surface area contributed by atoms with Crippen LogP contribution in [0.15, 0.2) is 66.9 Å². The Kier molecular flexibility index (Phi) is 7.93. The summed E-state index contributed by atoms with van der Waals surface area (Å²) in [5, 5.41) is 14.3. The fraction of sp³-hybridized carbons (Fsp3) is 0.214. The van der Waals surface area contributed by atoms with E-state index < -0.39 is 11.9 Å². The maximum atomic E-state index is 13.4. The molecule has 3 aromatic carbocycles. The first kappa shape index (κ1) is 25.3. The third kappa shape index (κ3) is 5.53. The van der Waals surface area contributed by atoms with Gasteiger partial charge in [-0.25, -0.2) is 0 Å². The number of H-pyrrole nitrogens is 1. The summed E-state index contributed by atoms with van der Waals surface area (Å²) in [7, 11) is 0. The number of nitrogens with one attached hydrogen (secondary N) is 2. The van der Waals surface area contributed by atoms with Crippen LogP contribution in [0.2, 0.25) is 5.02 Å². The smallest absolute Gasteiger partial charge is 0.255 e. The van der Waals surface area contributed by atoms with Crippen LogP contribution in [0.1, 0.15) is 39.6 Å². The molecule has 0 aliphatic heterocycles. The number of aliphatic hydroxyl groups is 1. The highest BCUT2D eigenvalue weighted by Crippen LogP contribution is 2.30. The topological polar surface area (TPSA) is 117 Å². The molecule has 0 bridgehead atoms. The van der Waals surface area contributed by atoms with Crippen molar-refractivity contribution >= 4 is 34.3 Å². The molecule has 0 aliphatic carbocycles. The van der Waals surface area contributed by atoms with E-state index in [0.29, 0.717) is 24.3 Å². The number of carbonyl (C=O) groups is 2. The predicted octanol–water partition coefficient (Wildman–Crippen LogP) is 4.71. The molecule has 0 spiro atoms. The van der Waals surface area contributed by atoms with Gasteiger partial charge in [0.05, 0.1) is 35.4 Å². The summed E-state index contributed by atoms with van der Waals surface area (Å²) in [6.07, 6.45) is 3.14. The first-order valence-electron chi connectivity index (χ1n) is 11.7. The number of aromatic amines is 1. The van der Waals surface area contributed by atoms with Gasteiger partial charge in [0, 0.05) is 17.1 Å². The second-order valence-electron chi connectivity index (χ2n) is 8.53. The number of halogens is 1. The lowest BCUT2D eigenvalue weighted by Crippen LogP contribution is -2.39. The molecule has 4 aromatic rings. The quantitative estimate of drug-likeness (QED) is 0.249. The lowest BCUT2D eigenvalue weighted by atomic mass is 10.00. The van der Waals surface area contributed by atoms with Crippen LogP contribution in [0.25, 0.3) is 22.0 Å². The maximum absolute atomic E-state index is 13.4. The van der Waals surface area contributed by atoms with Gasteiger partial charge in [0.1, 0.15) is 5.75 Å². The van der Waals surface area contributed by atoms with E-state index in [1.807, 2.05) is 43.5 Å². The van der Waals surface area contributed by atoms with Gasteiger partial charge >= 0.3 is 0 Å². The zero-order chi connectivity index (χ0) is 25.7. The van der Waals surface area contributed by atoms with Crippen LogP contribution in [-0.4, -0.2) is 41.2 Å². The van der Waals surface area contributed by atoms with Gasteiger partial charge < -0.3 is 25.9 Å². The van der Waals surface area contributed by atoms with E-state index in [4.69, 9.17) is 22.1 Å². The van der Waals surface area contributed by atoms with Crippen molar-refractivity contribution in [3.63, 3.8) is 0 Å². The van der Waals surface area contributed by atoms with Gasteiger partial charge in [-0.2, -0.15) is 0 Å². The second kappa shape index (κ2) is 11.3. The van der Waals surface area contributed by atoms with Crippen molar-refractivity contribution in [1.82, 2.24) is 10.3 Å². The largest absolute Gasteiger partial charge is 0.493 e. The van der Waals surface area contributed by atoms with E-state index in [1.54, 1.807) is 30.3 Å². The molecule has 2 amide bonds. The molecule has 1 heterocycles. The first-order chi connectivity index (χ1) is 17.4. The fourth-order valence-electron chi connectivity index (χ4n) is 4.11. The molecule has 36 heavy (non-hydrogen) atoms. The predicted molar refractivity (Wildman–Crippen MR) is 142 cm³/mol. The number of rotatable bonds is 10. The van der Waals surface area contributed by atoms with Crippen molar-refractivity contribution in [3.8, 4) is 16.9 Å². The van der Waals surface area contributed by atoms with Gasteiger partial charge in [-0.1, -0.05) is 48.9 Å². The standard InChI is InChI=1S/C28H28ClN3O4/c1-2-11-36-26-10-8-17(18-7-9-22(27(30)34)24(29)14-18)13-23(26)28(35)32-20(16-33)12-19-15-31-25-6-4-3-5-21(19)25/h3-10,13-15,20,31,33H,2,11-12,16H2,1H3,(H2,30,34)(H,32,35)/t20-/m0/s1. The Bertz CT molecular complexity index is 1400. The minimum atomic E-state index is -0.611. The summed E-state index contributed by atoms with van der Waals surface area (Å²) in [4.78, 5) is 28.1. The number of para-hydroxylation sites is 1. The van der Waals surface area contributed by atoms with E-state index in [-0.39, 0.29) is 23.1 Å². The number of carbonyl (C=O) groups excluding carboxylic acids is 2. The Labute approximate surface area is 214 Å². The Hall–Kier alpha value is -3.81. The summed E-state index contributed by atoms with van der Waals surface area (Å²) in [6.45, 7) is 2.22. The highest BCUT2D eigenvalue weighted by molar-refractivity contribution is 6.34. The van der Waals surface area contributed by atoms with Crippen LogP contribution in [0, 0.1) is 0 Å². The van der Waals surface area contributed by atoms with Crippen LogP contribution in [0.5, 0.6) is 5.75 Å². The molecule has 0 fully saturated rings. The SMILES string of the molecule is CCCOc1ccc(-c2ccc(C(N)=O)c(Cl)c2)cc1C(=O)N[C@H](CO)Cc1c[nH]c2ccccc12. The van der Waals surface area contributed by atoms with Gasteiger partial charge in [0.15, 0.2) is 0 Å². The summed E-state index contributed by atoms with van der Waals surface area (Å²) in [5.41, 5.74) is 9.37. The molecule has 8 heteroatoms. The number of benzene rings is 3. The van der Waals surface area contributed by atoms with E-state index in [0.717, 1.165) is 34.0 Å². The van der Waals surface area contributed by atoms with Gasteiger partial charge in [-0.05, 0) is 59.9 Å². The molecule has 0 saturated heterocycles. The van der Waals surface area contributed by atoms with Gasteiger partial charge in [-0.3, -0.25) is 9.59 Å². The zero-order valence-corrected chi connectivity index (χ0v) is 20.6. The number of hydrogen-bond donors (Lipinski definition) is 4. The number of nitrogens with two attached hydrogens (primary N) is 1. The third-order valence-electron chi connectivity index (χ3n) is 5.95. The molecule has 7 nitrogen and oxygen atoms in total. The molecule has 0 radical (unpaired) electrons. The fourth-order valence-corrected chi connectivity index (χ4v) is 4.38. The molecule has 1 aromatic heterocycles. The zero-order valence-electron chi connectivity index (χ0n) is 19.9. The van der Waals surface area contributed by atoms with Crippen molar-refractivity contribution in [3.05, 3.63) is 88.6 Å². The Morgan fingerprint density at radius 2 is 1.83 bits per heavy atom. The maximum Gasteiger partial charge on any atom is 0.255 e. The van der Waals surface area contributed by atoms with Crippen molar-refractivity contribution in [2.45, 2.75) is 25.8 Å². The van der Waals surface area contributed by atoms with Crippen molar-refractivity contribution in [2.75, 3.05) is 13.2 Å². The van der Waals surface area contributed by atoms with Gasteiger partial charge in [0.25, 0.3) is 5.91 Å². The number of hydrogen-bond acceptors (Lipinski definition) is 4. The number of amides is 2. The van der Waals surface area contributed by atoms with Crippen LogP contribution in [0.3, 0.4) is 0 Å². The monoisotopic (exact) mass is 505 g/mol. The Morgan fingerprint density at radius 1 is 1.08 bits per heavy atom. The molecular formula is C28H28ClN3O4. The highest BCUT2D eigenvalue weighted by atomic mass is 35.5. The van der Waals surface area contributed by atoms with Crippen LogP contribution in [-0.2, 0) is 6.42 Å². The average molecular weight is 506 g/mol. The number of fused-ring (bicyclic) bond motifs is 1. The number of aromatic nitrogens is 1. The van der Waals surface area contributed by atoms with E-state index >= 15 is 0 Å². The van der Waals surface area contributed by atoms with Crippen LogP contribution < -0.4 is 15.8 Å². The van der Waals surface area contributed by atoms with Gasteiger partial charge in [-0.15, -0.1) is 0 Å². The van der Waals surface area contributed by atoms with E-state index in [2.05, 4.69) is 10.3 Å². The Balaban J connectivity index is 1.61. The molecular weight excluding hydrogens is 478 g/mol. The highest BCUT2D eigenvalue weighted by Gasteiger charge is 2.20. The van der Waals surface area contributed by atoms with Crippen molar-refractivity contribution < 1.29 is 19.4 Å². The third-order valence-corrected chi connectivity index (χ3v) is 6.26. The van der Waals surface area contributed by atoms with E-state index in [1.165, 1.54) is 0 Å². The lowest BCUT2D eigenvalue weighted by molar-refractivity contribution is 0.0911. The van der Waals surface area contributed by atoms with Crippen LogP contribution >= 0.6 is 11.6 Å². The second-order valence-corrected chi connectivity index (χ2v) is 8.94. The molecule has 0 unspecified atom stereocenters. The normalized spacial score (nSPS) is 11.9. The van der Waals surface area contributed by atoms with Crippen molar-refractivity contribution in [2.24, 2.45) is 5.73 Å². The first-order valence-corrected chi connectivity index (χ1v) is 12.1. The number of aliphatic hydroxyl groups excluding tert-OH is 1.